The molecule has 0 aliphatic carbocycles. The van der Waals surface area contributed by atoms with Crippen molar-refractivity contribution in [2.45, 2.75) is 26.6 Å². The van der Waals surface area contributed by atoms with Crippen molar-refractivity contribution in [2.24, 2.45) is 0 Å². The summed E-state index contributed by atoms with van der Waals surface area (Å²) in [6, 6.07) is 10.6. The molecule has 0 unspecified atom stereocenters. The number of nitrogens with zero attached hydrogens (tertiary/aromatic N) is 1. The van der Waals surface area contributed by atoms with E-state index < -0.39 is 5.97 Å². The summed E-state index contributed by atoms with van der Waals surface area (Å²) in [7, 11) is 4.71. The summed E-state index contributed by atoms with van der Waals surface area (Å²) < 4.78 is 27.0. The molecule has 0 fully saturated rings. The average molecular weight is 444 g/mol. The van der Waals surface area contributed by atoms with Crippen LogP contribution in [0.3, 0.4) is 0 Å². The van der Waals surface area contributed by atoms with Gasteiger partial charge in [-0.15, -0.1) is 11.3 Å². The number of carbonyl (C=O) groups is 1. The Morgan fingerprint density at radius 1 is 0.935 bits per heavy atom. The van der Waals surface area contributed by atoms with Gasteiger partial charge in [-0.25, -0.2) is 9.78 Å². The molecule has 0 atom stereocenters. The van der Waals surface area contributed by atoms with Crippen LogP contribution >= 0.6 is 11.3 Å². The van der Waals surface area contributed by atoms with Crippen molar-refractivity contribution in [1.82, 2.24) is 4.98 Å². The second kappa shape index (κ2) is 10.2. The molecule has 3 rings (SSSR count). The smallest absolute Gasteiger partial charge is 0.338 e. The van der Waals surface area contributed by atoms with Crippen molar-refractivity contribution in [3.05, 3.63) is 53.0 Å². The molecule has 164 valence electrons. The predicted molar refractivity (Wildman–Crippen MR) is 119 cm³/mol. The molecule has 7 nitrogen and oxygen atoms in total. The van der Waals surface area contributed by atoms with Crippen molar-refractivity contribution in [2.75, 3.05) is 21.3 Å². The predicted octanol–water partition coefficient (Wildman–Crippen LogP) is 4.98. The van der Waals surface area contributed by atoms with Gasteiger partial charge in [0.1, 0.15) is 11.6 Å². The van der Waals surface area contributed by atoms with Crippen molar-refractivity contribution >= 4 is 17.3 Å². The van der Waals surface area contributed by atoms with Gasteiger partial charge in [-0.2, -0.15) is 0 Å². The van der Waals surface area contributed by atoms with E-state index in [-0.39, 0.29) is 12.7 Å². The van der Waals surface area contributed by atoms with Crippen molar-refractivity contribution in [3.8, 4) is 33.6 Å². The van der Waals surface area contributed by atoms with Gasteiger partial charge in [0.25, 0.3) is 0 Å². The van der Waals surface area contributed by atoms with Crippen LogP contribution in [0.1, 0.15) is 29.9 Å². The summed E-state index contributed by atoms with van der Waals surface area (Å²) in [5.74, 6) is 1.87. The molecular weight excluding hydrogens is 418 g/mol. The Hall–Kier alpha value is -3.26. The van der Waals surface area contributed by atoms with Gasteiger partial charge in [-0.05, 0) is 50.2 Å². The first-order valence-corrected chi connectivity index (χ1v) is 10.5. The van der Waals surface area contributed by atoms with Gasteiger partial charge >= 0.3 is 5.97 Å². The number of hydrogen-bond donors (Lipinski definition) is 0. The van der Waals surface area contributed by atoms with Gasteiger partial charge < -0.3 is 23.7 Å². The minimum absolute atomic E-state index is 0.00349. The molecule has 1 heterocycles. The highest BCUT2D eigenvalue weighted by molar-refractivity contribution is 7.13. The highest BCUT2D eigenvalue weighted by Crippen LogP contribution is 2.34. The van der Waals surface area contributed by atoms with Crippen LogP contribution in [0.4, 0.5) is 0 Å². The summed E-state index contributed by atoms with van der Waals surface area (Å²) in [5.41, 5.74) is 1.93. The van der Waals surface area contributed by atoms with Crippen LogP contribution in [-0.2, 0) is 11.3 Å². The summed E-state index contributed by atoms with van der Waals surface area (Å²) in [4.78, 5) is 17.0. The molecule has 0 amide bonds. The third kappa shape index (κ3) is 5.46. The summed E-state index contributed by atoms with van der Waals surface area (Å²) >= 11 is 1.46. The average Bonchev–Trinajstić information content (AvgIpc) is 3.25. The second-order valence-electron chi connectivity index (χ2n) is 6.82. The Bertz CT molecular complexity index is 1050. The molecule has 0 aliphatic heterocycles. The number of carbonyl (C=O) groups excluding carboxylic acids is 1. The highest BCUT2D eigenvalue weighted by atomic mass is 32.1. The number of thiazole rings is 1. The molecule has 1 aromatic heterocycles. The van der Waals surface area contributed by atoms with E-state index in [1.54, 1.807) is 32.4 Å². The monoisotopic (exact) mass is 443 g/mol. The minimum atomic E-state index is -0.463. The van der Waals surface area contributed by atoms with E-state index >= 15 is 0 Å². The lowest BCUT2D eigenvalue weighted by Crippen LogP contribution is -2.09. The van der Waals surface area contributed by atoms with Crippen LogP contribution in [0.15, 0.2) is 41.8 Å². The van der Waals surface area contributed by atoms with E-state index in [0.717, 1.165) is 10.6 Å². The number of benzene rings is 2. The van der Waals surface area contributed by atoms with Crippen LogP contribution in [-0.4, -0.2) is 38.4 Å². The summed E-state index contributed by atoms with van der Waals surface area (Å²) in [5, 5.41) is 2.66. The van der Waals surface area contributed by atoms with E-state index in [9.17, 15) is 4.79 Å². The van der Waals surface area contributed by atoms with Gasteiger partial charge in [-0.1, -0.05) is 0 Å². The zero-order valence-electron chi connectivity index (χ0n) is 18.1. The molecule has 0 saturated carbocycles. The lowest BCUT2D eigenvalue weighted by Gasteiger charge is -2.14. The lowest BCUT2D eigenvalue weighted by atomic mass is 10.2. The van der Waals surface area contributed by atoms with Crippen LogP contribution in [0.25, 0.3) is 10.6 Å². The SMILES string of the molecule is COc1ccc(-c2nc(COC(=O)c3ccc(OC(C)C)c(OC)c3)cs2)cc1OC. The fraction of sp³-hybridized carbons (Fsp3) is 0.304. The van der Waals surface area contributed by atoms with Gasteiger partial charge in [0, 0.05) is 10.9 Å². The number of ether oxygens (including phenoxy) is 5. The van der Waals surface area contributed by atoms with Crippen LogP contribution in [0, 0.1) is 0 Å². The fourth-order valence-corrected chi connectivity index (χ4v) is 3.65. The highest BCUT2D eigenvalue weighted by Gasteiger charge is 2.15. The summed E-state index contributed by atoms with van der Waals surface area (Å²) in [6.07, 6.45) is -0.00349. The molecule has 8 heteroatoms. The number of hydrogen-bond acceptors (Lipinski definition) is 8. The van der Waals surface area contributed by atoms with E-state index in [4.69, 9.17) is 23.7 Å². The van der Waals surface area contributed by atoms with Crippen molar-refractivity contribution in [1.29, 1.82) is 0 Å². The Morgan fingerprint density at radius 3 is 2.29 bits per heavy atom. The Morgan fingerprint density at radius 2 is 1.61 bits per heavy atom. The molecule has 0 saturated heterocycles. The normalized spacial score (nSPS) is 10.6. The Balaban J connectivity index is 1.67. The van der Waals surface area contributed by atoms with Crippen LogP contribution < -0.4 is 18.9 Å². The van der Waals surface area contributed by atoms with Crippen LogP contribution in [0.5, 0.6) is 23.0 Å². The van der Waals surface area contributed by atoms with Gasteiger partial charge in [0.15, 0.2) is 23.0 Å². The first-order chi connectivity index (χ1) is 14.9. The van der Waals surface area contributed by atoms with Crippen LogP contribution in [0.2, 0.25) is 0 Å². The Labute approximate surface area is 185 Å². The molecule has 0 aliphatic rings. The number of rotatable bonds is 9. The fourth-order valence-electron chi connectivity index (χ4n) is 2.84. The zero-order valence-corrected chi connectivity index (χ0v) is 18.9. The Kier molecular flexibility index (Phi) is 7.36. The molecule has 3 aromatic rings. The molecule has 0 N–H and O–H groups in total. The molecule has 2 aromatic carbocycles. The molecule has 0 spiro atoms. The summed E-state index contributed by atoms with van der Waals surface area (Å²) in [6.45, 7) is 3.91. The third-order valence-electron chi connectivity index (χ3n) is 4.30. The number of aromatic nitrogens is 1. The van der Waals surface area contributed by atoms with Crippen molar-refractivity contribution < 1.29 is 28.5 Å². The van der Waals surface area contributed by atoms with E-state index in [2.05, 4.69) is 4.98 Å². The van der Waals surface area contributed by atoms with Gasteiger partial charge in [-0.3, -0.25) is 0 Å². The molecule has 0 bridgehead atoms. The van der Waals surface area contributed by atoms with Gasteiger partial charge in [0.2, 0.25) is 0 Å². The lowest BCUT2D eigenvalue weighted by molar-refractivity contribution is 0.0468. The largest absolute Gasteiger partial charge is 0.493 e. The number of methoxy groups -OCH3 is 3. The first kappa shape index (κ1) is 22.4. The molecule has 0 radical (unpaired) electrons. The standard InChI is InChI=1S/C23H25NO6S/c1-14(2)30-19-9-7-16(11-21(19)28-5)23(25)29-12-17-13-31-22(24-17)15-6-8-18(26-3)20(10-15)27-4/h6-11,13-14H,12H2,1-5H3. The number of esters is 1. The van der Waals surface area contributed by atoms with Gasteiger partial charge in [0.05, 0.1) is 38.7 Å². The third-order valence-corrected chi connectivity index (χ3v) is 5.24. The van der Waals surface area contributed by atoms with E-state index in [0.29, 0.717) is 34.3 Å². The van der Waals surface area contributed by atoms with Crippen molar-refractivity contribution in [3.63, 3.8) is 0 Å². The van der Waals surface area contributed by atoms with E-state index in [1.807, 2.05) is 37.4 Å². The maximum atomic E-state index is 12.5. The quantitative estimate of drug-likeness (QED) is 0.432. The minimum Gasteiger partial charge on any atom is -0.493 e. The molecular formula is C23H25NO6S. The maximum absolute atomic E-state index is 12.5. The topological polar surface area (TPSA) is 76.1 Å². The first-order valence-electron chi connectivity index (χ1n) is 9.63. The maximum Gasteiger partial charge on any atom is 0.338 e. The zero-order chi connectivity index (χ0) is 22.4. The van der Waals surface area contributed by atoms with E-state index in [1.165, 1.54) is 18.4 Å². The molecule has 31 heavy (non-hydrogen) atoms. The second-order valence-corrected chi connectivity index (χ2v) is 7.68.